The van der Waals surface area contributed by atoms with E-state index in [9.17, 15) is 14.4 Å². The number of carbonyl (C=O) groups is 3. The predicted octanol–water partition coefficient (Wildman–Crippen LogP) is 3.52. The van der Waals surface area contributed by atoms with E-state index in [1.54, 1.807) is 35.2 Å². The summed E-state index contributed by atoms with van der Waals surface area (Å²) in [6, 6.07) is 16.1. The molecule has 0 radical (unpaired) electrons. The van der Waals surface area contributed by atoms with E-state index in [0.717, 1.165) is 5.56 Å². The van der Waals surface area contributed by atoms with Gasteiger partial charge in [0.2, 0.25) is 11.6 Å². The smallest absolute Gasteiger partial charge is 0.254 e. The van der Waals surface area contributed by atoms with Crippen molar-refractivity contribution in [3.8, 4) is 11.3 Å². The summed E-state index contributed by atoms with van der Waals surface area (Å²) in [5.74, 6) is -0.0398. The third-order valence-corrected chi connectivity index (χ3v) is 5.21. The minimum Gasteiger partial charge on any atom is -0.458 e. The maximum Gasteiger partial charge on any atom is 0.254 e. The van der Waals surface area contributed by atoms with Crippen molar-refractivity contribution in [1.29, 1.82) is 0 Å². The van der Waals surface area contributed by atoms with Crippen LogP contribution < -0.4 is 0 Å². The summed E-state index contributed by atoms with van der Waals surface area (Å²) >= 11 is 0. The molecular formula is C22H15NO4. The topological polar surface area (TPSA) is 67.6 Å². The number of hydrogen-bond donors (Lipinski definition) is 0. The van der Waals surface area contributed by atoms with Gasteiger partial charge in [-0.25, -0.2) is 0 Å². The Morgan fingerprint density at radius 1 is 0.889 bits per heavy atom. The molecule has 1 aliphatic carbocycles. The zero-order chi connectivity index (χ0) is 18.5. The molecule has 0 bridgehead atoms. The highest BCUT2D eigenvalue weighted by Crippen LogP contribution is 2.40. The zero-order valence-electron chi connectivity index (χ0n) is 14.4. The number of nitrogens with zero attached hydrogens (tertiary/aromatic N) is 1. The van der Waals surface area contributed by atoms with Crippen molar-refractivity contribution >= 4 is 17.5 Å². The van der Waals surface area contributed by atoms with Gasteiger partial charge < -0.3 is 9.32 Å². The molecule has 0 spiro atoms. The van der Waals surface area contributed by atoms with Crippen LogP contribution in [0.15, 0.2) is 59.0 Å². The first-order valence-electron chi connectivity index (χ1n) is 8.82. The summed E-state index contributed by atoms with van der Waals surface area (Å²) < 4.78 is 6.02. The summed E-state index contributed by atoms with van der Waals surface area (Å²) in [4.78, 5) is 39.6. The molecule has 2 heterocycles. The molecule has 3 aromatic rings. The fraction of sp³-hybridized carbons (Fsp3) is 0.136. The molecule has 1 amide bonds. The maximum absolute atomic E-state index is 12.7. The van der Waals surface area contributed by atoms with E-state index in [-0.39, 0.29) is 5.91 Å². The third kappa shape index (κ3) is 2.28. The number of carbonyl (C=O) groups excluding carboxylic acids is 3. The Labute approximate surface area is 155 Å². The van der Waals surface area contributed by atoms with Crippen molar-refractivity contribution in [3.63, 3.8) is 0 Å². The highest BCUT2D eigenvalue weighted by Gasteiger charge is 2.39. The summed E-state index contributed by atoms with van der Waals surface area (Å²) in [5.41, 5.74) is 2.77. The van der Waals surface area contributed by atoms with Crippen molar-refractivity contribution in [2.75, 3.05) is 6.54 Å². The molecule has 1 aromatic heterocycles. The van der Waals surface area contributed by atoms with Crippen LogP contribution in [0.2, 0.25) is 0 Å². The number of rotatable bonds is 1. The van der Waals surface area contributed by atoms with Crippen LogP contribution in [-0.4, -0.2) is 28.9 Å². The van der Waals surface area contributed by atoms with Crippen LogP contribution in [0.3, 0.4) is 0 Å². The Hall–Kier alpha value is -3.47. The van der Waals surface area contributed by atoms with E-state index in [1.807, 2.05) is 24.3 Å². The molecule has 27 heavy (non-hydrogen) atoms. The lowest BCUT2D eigenvalue weighted by Crippen LogP contribution is -2.36. The van der Waals surface area contributed by atoms with Crippen molar-refractivity contribution in [2.24, 2.45) is 0 Å². The van der Waals surface area contributed by atoms with Gasteiger partial charge >= 0.3 is 0 Å². The second-order valence-corrected chi connectivity index (χ2v) is 6.75. The van der Waals surface area contributed by atoms with Gasteiger partial charge in [-0.15, -0.1) is 0 Å². The third-order valence-electron chi connectivity index (χ3n) is 5.21. The number of hydrogen-bond acceptors (Lipinski definition) is 4. The van der Waals surface area contributed by atoms with Gasteiger partial charge in [-0.1, -0.05) is 42.5 Å². The van der Waals surface area contributed by atoms with Crippen molar-refractivity contribution in [3.05, 3.63) is 82.6 Å². The first kappa shape index (κ1) is 15.8. The quantitative estimate of drug-likeness (QED) is 0.625. The van der Waals surface area contributed by atoms with Crippen molar-refractivity contribution in [1.82, 2.24) is 4.90 Å². The fourth-order valence-corrected chi connectivity index (χ4v) is 3.89. The first-order chi connectivity index (χ1) is 13.1. The zero-order valence-corrected chi connectivity index (χ0v) is 14.4. The SMILES string of the molecule is O=C1C(=O)c2c(oc3c2CCN(C(=O)c2ccccc2)C3)-c2ccccc21. The number of amides is 1. The number of fused-ring (bicyclic) bond motifs is 5. The van der Waals surface area contributed by atoms with Gasteiger partial charge in [0.05, 0.1) is 12.1 Å². The highest BCUT2D eigenvalue weighted by atomic mass is 16.3. The Kier molecular flexibility index (Phi) is 3.37. The van der Waals surface area contributed by atoms with Crippen LogP contribution >= 0.6 is 0 Å². The molecule has 2 aliphatic rings. The standard InChI is InChI=1S/C22H15NO4/c24-19-14-8-4-5-9-15(14)21-18(20(19)25)16-10-11-23(12-17(16)27-21)22(26)13-6-2-1-3-7-13/h1-9H,10-12H2. The molecule has 5 heteroatoms. The average molecular weight is 357 g/mol. The molecule has 0 fully saturated rings. The van der Waals surface area contributed by atoms with E-state index in [2.05, 4.69) is 0 Å². The van der Waals surface area contributed by atoms with Gasteiger partial charge in [0.25, 0.3) is 5.91 Å². The fourth-order valence-electron chi connectivity index (χ4n) is 3.89. The molecule has 0 saturated carbocycles. The molecular weight excluding hydrogens is 342 g/mol. The van der Waals surface area contributed by atoms with Gasteiger partial charge in [0, 0.05) is 28.8 Å². The monoisotopic (exact) mass is 357 g/mol. The summed E-state index contributed by atoms with van der Waals surface area (Å²) in [6.07, 6.45) is 0.494. The molecule has 2 aromatic carbocycles. The lowest BCUT2D eigenvalue weighted by atomic mass is 9.85. The minimum absolute atomic E-state index is 0.0709. The van der Waals surface area contributed by atoms with Gasteiger partial charge in [-0.3, -0.25) is 14.4 Å². The largest absolute Gasteiger partial charge is 0.458 e. The number of ketones is 2. The van der Waals surface area contributed by atoms with Crippen LogP contribution in [-0.2, 0) is 13.0 Å². The van der Waals surface area contributed by atoms with E-state index in [1.165, 1.54) is 0 Å². The first-order valence-corrected chi connectivity index (χ1v) is 8.82. The van der Waals surface area contributed by atoms with E-state index >= 15 is 0 Å². The molecule has 0 atom stereocenters. The molecule has 5 nitrogen and oxygen atoms in total. The van der Waals surface area contributed by atoms with Crippen LogP contribution in [0, 0.1) is 0 Å². The lowest BCUT2D eigenvalue weighted by Gasteiger charge is -2.26. The Balaban J connectivity index is 1.56. The van der Waals surface area contributed by atoms with E-state index in [0.29, 0.717) is 53.3 Å². The second kappa shape index (κ2) is 5.77. The molecule has 0 unspecified atom stereocenters. The molecule has 132 valence electrons. The Bertz CT molecular complexity index is 1110. The van der Waals surface area contributed by atoms with Crippen molar-refractivity contribution in [2.45, 2.75) is 13.0 Å². The van der Waals surface area contributed by atoms with Crippen molar-refractivity contribution < 1.29 is 18.8 Å². The van der Waals surface area contributed by atoms with E-state index < -0.39 is 11.6 Å². The van der Waals surface area contributed by atoms with Crippen LogP contribution in [0.25, 0.3) is 11.3 Å². The van der Waals surface area contributed by atoms with Crippen LogP contribution in [0.1, 0.15) is 42.4 Å². The average Bonchev–Trinajstić information content (AvgIpc) is 3.11. The van der Waals surface area contributed by atoms with Gasteiger partial charge in [-0.2, -0.15) is 0 Å². The summed E-state index contributed by atoms with van der Waals surface area (Å²) in [5, 5.41) is 0. The van der Waals surface area contributed by atoms with E-state index in [4.69, 9.17) is 4.42 Å². The molecule has 0 N–H and O–H groups in total. The second-order valence-electron chi connectivity index (χ2n) is 6.75. The normalized spacial score (nSPS) is 15.2. The van der Waals surface area contributed by atoms with Crippen LogP contribution in [0.5, 0.6) is 0 Å². The molecule has 0 saturated heterocycles. The maximum atomic E-state index is 12.7. The minimum atomic E-state index is -0.517. The predicted molar refractivity (Wildman–Crippen MR) is 97.7 cm³/mol. The molecule has 5 rings (SSSR count). The number of furan rings is 1. The lowest BCUT2D eigenvalue weighted by molar-refractivity contribution is 0.0720. The number of Topliss-reactive ketones (excluding diaryl/α,β-unsaturated/α-hetero) is 2. The van der Waals surface area contributed by atoms with Gasteiger partial charge in [0.1, 0.15) is 11.5 Å². The highest BCUT2D eigenvalue weighted by molar-refractivity contribution is 6.53. The Morgan fingerprint density at radius 3 is 2.37 bits per heavy atom. The Morgan fingerprint density at radius 2 is 1.59 bits per heavy atom. The number of benzene rings is 2. The van der Waals surface area contributed by atoms with Crippen LogP contribution in [0.4, 0.5) is 0 Å². The van der Waals surface area contributed by atoms with Gasteiger partial charge in [0.15, 0.2) is 0 Å². The van der Waals surface area contributed by atoms with Gasteiger partial charge in [-0.05, 0) is 18.6 Å². The summed E-state index contributed by atoms with van der Waals surface area (Å²) in [7, 11) is 0. The molecule has 1 aliphatic heterocycles. The summed E-state index contributed by atoms with van der Waals surface area (Å²) in [6.45, 7) is 0.773.